The van der Waals surface area contributed by atoms with E-state index in [-0.39, 0.29) is 17.3 Å². The van der Waals surface area contributed by atoms with E-state index in [1.54, 1.807) is 18.2 Å². The molecular weight excluding hydrogens is 388 g/mol. The molecule has 0 saturated heterocycles. The van der Waals surface area contributed by atoms with Crippen molar-refractivity contribution in [1.82, 2.24) is 0 Å². The number of hydrogen-bond donors (Lipinski definition) is 2. The molecule has 0 aliphatic carbocycles. The van der Waals surface area contributed by atoms with Gasteiger partial charge in [0.1, 0.15) is 6.54 Å². The summed E-state index contributed by atoms with van der Waals surface area (Å²) in [6.45, 7) is 0.763. The van der Waals surface area contributed by atoms with Crippen molar-refractivity contribution >= 4 is 44.6 Å². The first kappa shape index (κ1) is 20.8. The van der Waals surface area contributed by atoms with Crippen molar-refractivity contribution < 1.29 is 22.9 Å². The predicted octanol–water partition coefficient (Wildman–Crippen LogP) is 1.96. The first-order chi connectivity index (χ1) is 13.1. The number of rotatable bonds is 7. The summed E-state index contributed by atoms with van der Waals surface area (Å²) in [6, 6.07) is 11.3. The summed E-state index contributed by atoms with van der Waals surface area (Å²) in [5.41, 5.74) is 0.515. The van der Waals surface area contributed by atoms with Gasteiger partial charge >= 0.3 is 0 Å². The highest BCUT2D eigenvalue weighted by molar-refractivity contribution is 7.92. The minimum Gasteiger partial charge on any atom is -0.326 e. The number of nitrogens with one attached hydrogen (secondary N) is 2. The standard InChI is InChI=1S/C17H18N4O6S/c1-12(22)18-13-5-3-6-14(9-13)19-17(23)11-20(28(2,26)27)15-7-4-8-16(10-15)21(24)25/h3-10H,11H2,1-2H3,(H,18,22)(H,19,23). The van der Waals surface area contributed by atoms with E-state index in [0.29, 0.717) is 11.4 Å². The van der Waals surface area contributed by atoms with E-state index in [2.05, 4.69) is 10.6 Å². The van der Waals surface area contributed by atoms with Crippen molar-refractivity contribution in [2.45, 2.75) is 6.92 Å². The van der Waals surface area contributed by atoms with Crippen LogP contribution < -0.4 is 14.9 Å². The average Bonchev–Trinajstić information content (AvgIpc) is 2.58. The topological polar surface area (TPSA) is 139 Å². The Balaban J connectivity index is 2.22. The molecule has 0 atom stereocenters. The second-order valence-corrected chi connectivity index (χ2v) is 7.76. The van der Waals surface area contributed by atoms with E-state index in [9.17, 15) is 28.1 Å². The van der Waals surface area contributed by atoms with E-state index in [1.165, 1.54) is 31.2 Å². The number of amides is 2. The molecule has 0 fully saturated rings. The zero-order chi connectivity index (χ0) is 20.9. The largest absolute Gasteiger partial charge is 0.326 e. The quantitative estimate of drug-likeness (QED) is 0.532. The molecule has 0 bridgehead atoms. The number of carbonyl (C=O) groups excluding carboxylic acids is 2. The van der Waals surface area contributed by atoms with Crippen molar-refractivity contribution in [3.8, 4) is 0 Å². The van der Waals surface area contributed by atoms with Crippen LogP contribution in [0.3, 0.4) is 0 Å². The van der Waals surface area contributed by atoms with E-state index >= 15 is 0 Å². The Hall–Kier alpha value is -3.47. The highest BCUT2D eigenvalue weighted by Crippen LogP contribution is 2.23. The molecule has 28 heavy (non-hydrogen) atoms. The number of hydrogen-bond acceptors (Lipinski definition) is 6. The van der Waals surface area contributed by atoms with E-state index < -0.39 is 27.4 Å². The van der Waals surface area contributed by atoms with Crippen LogP contribution >= 0.6 is 0 Å². The SMILES string of the molecule is CC(=O)Nc1cccc(NC(=O)CN(c2cccc([N+](=O)[O-])c2)S(C)(=O)=O)c1. The number of anilines is 3. The Kier molecular flexibility index (Phi) is 6.31. The summed E-state index contributed by atoms with van der Waals surface area (Å²) in [7, 11) is -3.88. The summed E-state index contributed by atoms with van der Waals surface area (Å²) in [6.07, 6.45) is 0.899. The molecule has 2 aromatic rings. The highest BCUT2D eigenvalue weighted by Gasteiger charge is 2.22. The smallest absolute Gasteiger partial charge is 0.271 e. The third kappa shape index (κ3) is 5.77. The fourth-order valence-corrected chi connectivity index (χ4v) is 3.22. The molecule has 2 amide bonds. The van der Waals surface area contributed by atoms with Crippen LogP contribution in [0.5, 0.6) is 0 Å². The third-order valence-electron chi connectivity index (χ3n) is 3.48. The van der Waals surface area contributed by atoms with Gasteiger partial charge in [-0.25, -0.2) is 8.42 Å². The fraction of sp³-hybridized carbons (Fsp3) is 0.176. The monoisotopic (exact) mass is 406 g/mol. The molecule has 0 aliphatic heterocycles. The second kappa shape index (κ2) is 8.48. The van der Waals surface area contributed by atoms with Crippen LogP contribution in [0, 0.1) is 10.1 Å². The van der Waals surface area contributed by atoms with Crippen LogP contribution in [0.25, 0.3) is 0 Å². The summed E-state index contributed by atoms with van der Waals surface area (Å²) in [4.78, 5) is 33.7. The van der Waals surface area contributed by atoms with Gasteiger partial charge in [-0.15, -0.1) is 0 Å². The van der Waals surface area contributed by atoms with Gasteiger partial charge in [0, 0.05) is 30.4 Å². The molecule has 0 aromatic heterocycles. The van der Waals surface area contributed by atoms with E-state index in [1.807, 2.05) is 0 Å². The Morgan fingerprint density at radius 2 is 1.68 bits per heavy atom. The van der Waals surface area contributed by atoms with E-state index in [0.717, 1.165) is 16.6 Å². The fourth-order valence-electron chi connectivity index (χ4n) is 2.37. The zero-order valence-corrected chi connectivity index (χ0v) is 15.9. The molecule has 0 aliphatic rings. The van der Waals surface area contributed by atoms with Gasteiger partial charge in [-0.2, -0.15) is 0 Å². The maximum Gasteiger partial charge on any atom is 0.271 e. The van der Waals surface area contributed by atoms with E-state index in [4.69, 9.17) is 0 Å². The summed E-state index contributed by atoms with van der Waals surface area (Å²) < 4.78 is 25.0. The second-order valence-electron chi connectivity index (χ2n) is 5.86. The van der Waals surface area contributed by atoms with Crippen LogP contribution in [0.1, 0.15) is 6.92 Å². The van der Waals surface area contributed by atoms with Crippen LogP contribution in [0.15, 0.2) is 48.5 Å². The van der Waals surface area contributed by atoms with Gasteiger partial charge in [0.25, 0.3) is 5.69 Å². The van der Waals surface area contributed by atoms with Crippen LogP contribution in [-0.2, 0) is 19.6 Å². The normalized spacial score (nSPS) is 10.8. The van der Waals surface area contributed by atoms with Crippen molar-refractivity contribution in [3.05, 3.63) is 58.6 Å². The summed E-state index contributed by atoms with van der Waals surface area (Å²) >= 11 is 0. The molecule has 148 valence electrons. The van der Waals surface area contributed by atoms with Crippen LogP contribution in [0.2, 0.25) is 0 Å². The minimum absolute atomic E-state index is 0.00107. The molecule has 0 spiro atoms. The number of carbonyl (C=O) groups is 2. The van der Waals surface area contributed by atoms with Crippen LogP contribution in [0.4, 0.5) is 22.7 Å². The Bertz CT molecular complexity index is 1020. The van der Waals surface area contributed by atoms with Crippen molar-refractivity contribution in [2.24, 2.45) is 0 Å². The number of nitro benzene ring substituents is 1. The maximum atomic E-state index is 12.4. The van der Waals surface area contributed by atoms with Gasteiger partial charge in [-0.1, -0.05) is 12.1 Å². The number of benzene rings is 2. The molecule has 2 rings (SSSR count). The zero-order valence-electron chi connectivity index (χ0n) is 15.1. The van der Waals surface area contributed by atoms with Crippen LogP contribution in [-0.4, -0.2) is 38.0 Å². The highest BCUT2D eigenvalue weighted by atomic mass is 32.2. The van der Waals surface area contributed by atoms with Gasteiger partial charge in [-0.3, -0.25) is 24.0 Å². The summed E-state index contributed by atoms with van der Waals surface area (Å²) in [5, 5.41) is 16.0. The molecular formula is C17H18N4O6S. The lowest BCUT2D eigenvalue weighted by molar-refractivity contribution is -0.384. The Morgan fingerprint density at radius 3 is 2.25 bits per heavy atom. The first-order valence-corrected chi connectivity index (χ1v) is 9.81. The number of nitro groups is 1. The molecule has 0 unspecified atom stereocenters. The van der Waals surface area contributed by atoms with Crippen molar-refractivity contribution in [2.75, 3.05) is 27.7 Å². The molecule has 0 radical (unpaired) electrons. The van der Waals surface area contributed by atoms with Gasteiger partial charge in [0.15, 0.2) is 0 Å². The van der Waals surface area contributed by atoms with Gasteiger partial charge in [-0.05, 0) is 24.3 Å². The van der Waals surface area contributed by atoms with Gasteiger partial charge in [0.05, 0.1) is 16.9 Å². The lowest BCUT2D eigenvalue weighted by Crippen LogP contribution is -2.37. The minimum atomic E-state index is -3.88. The van der Waals surface area contributed by atoms with Gasteiger partial charge in [0.2, 0.25) is 21.8 Å². The molecule has 10 nitrogen and oxygen atoms in total. The third-order valence-corrected chi connectivity index (χ3v) is 4.62. The maximum absolute atomic E-state index is 12.4. The van der Waals surface area contributed by atoms with Crippen molar-refractivity contribution in [3.63, 3.8) is 0 Å². The molecule has 0 saturated carbocycles. The lowest BCUT2D eigenvalue weighted by Gasteiger charge is -2.21. The number of sulfonamides is 1. The van der Waals surface area contributed by atoms with Crippen molar-refractivity contribution in [1.29, 1.82) is 0 Å². The molecule has 2 N–H and O–H groups in total. The molecule has 11 heteroatoms. The number of non-ortho nitro benzene ring substituents is 1. The Morgan fingerprint density at radius 1 is 1.07 bits per heavy atom. The predicted molar refractivity (Wildman–Crippen MR) is 105 cm³/mol. The summed E-state index contributed by atoms with van der Waals surface area (Å²) in [5.74, 6) is -0.936. The average molecular weight is 406 g/mol. The van der Waals surface area contributed by atoms with Gasteiger partial charge < -0.3 is 10.6 Å². The Labute approximate surface area is 161 Å². The lowest BCUT2D eigenvalue weighted by atomic mass is 10.2. The molecule has 0 heterocycles. The molecule has 2 aromatic carbocycles. The number of nitrogens with zero attached hydrogens (tertiary/aromatic N) is 2. The first-order valence-electron chi connectivity index (χ1n) is 7.96.